The van der Waals surface area contributed by atoms with Gasteiger partial charge >= 0.3 is 0 Å². The Morgan fingerprint density at radius 3 is 2.29 bits per heavy atom. The lowest BCUT2D eigenvalue weighted by Crippen LogP contribution is -2.39. The van der Waals surface area contributed by atoms with Gasteiger partial charge in [0.2, 0.25) is 10.0 Å². The van der Waals surface area contributed by atoms with Crippen LogP contribution in [0.3, 0.4) is 0 Å². The molecule has 0 aliphatic heterocycles. The molecule has 2 amide bonds. The van der Waals surface area contributed by atoms with E-state index in [4.69, 9.17) is 22.1 Å². The summed E-state index contributed by atoms with van der Waals surface area (Å²) in [5, 5.41) is 4.29. The number of primary amides is 1. The van der Waals surface area contributed by atoms with Crippen molar-refractivity contribution < 1.29 is 22.7 Å². The second kappa shape index (κ2) is 12.1. The van der Waals surface area contributed by atoms with Crippen LogP contribution in [0.2, 0.25) is 5.02 Å². The lowest BCUT2D eigenvalue weighted by atomic mass is 10.2. The number of carbonyl (C=O) groups is 2. The van der Waals surface area contributed by atoms with Gasteiger partial charge in [-0.25, -0.2) is 13.8 Å². The molecule has 3 rings (SSSR count). The normalized spacial score (nSPS) is 11.5. The van der Waals surface area contributed by atoms with Crippen molar-refractivity contribution in [3.8, 4) is 5.75 Å². The third-order valence-electron chi connectivity index (χ3n) is 4.64. The maximum Gasteiger partial charge on any atom is 0.255 e. The highest BCUT2D eigenvalue weighted by molar-refractivity contribution is 7.89. The van der Waals surface area contributed by atoms with Crippen molar-refractivity contribution in [1.82, 2.24) is 9.73 Å². The molecule has 0 fully saturated rings. The molecular formula is C24H23ClN4O5S. The summed E-state index contributed by atoms with van der Waals surface area (Å²) in [4.78, 5) is 23.3. The fourth-order valence-electron chi connectivity index (χ4n) is 2.95. The zero-order valence-corrected chi connectivity index (χ0v) is 20.1. The number of sulfonamides is 1. The van der Waals surface area contributed by atoms with E-state index in [0.717, 1.165) is 9.87 Å². The minimum absolute atomic E-state index is 0.00427. The van der Waals surface area contributed by atoms with Crippen molar-refractivity contribution in [2.75, 3.05) is 13.2 Å². The number of nitrogens with one attached hydrogen (secondary N) is 1. The zero-order valence-electron chi connectivity index (χ0n) is 18.5. The number of halogens is 1. The minimum Gasteiger partial charge on any atom is -0.484 e. The van der Waals surface area contributed by atoms with Crippen LogP contribution in [-0.2, 0) is 26.2 Å². The Morgan fingerprint density at radius 1 is 1.00 bits per heavy atom. The van der Waals surface area contributed by atoms with Crippen molar-refractivity contribution in [2.24, 2.45) is 10.8 Å². The Hall–Kier alpha value is -3.73. The first kappa shape index (κ1) is 25.9. The maximum absolute atomic E-state index is 13.2. The fraction of sp³-hybridized carbons (Fsp3) is 0.125. The molecule has 0 aliphatic rings. The van der Waals surface area contributed by atoms with Gasteiger partial charge in [-0.15, -0.1) is 0 Å². The van der Waals surface area contributed by atoms with Gasteiger partial charge in [0.1, 0.15) is 5.75 Å². The molecule has 35 heavy (non-hydrogen) atoms. The fourth-order valence-corrected chi connectivity index (χ4v) is 4.46. The zero-order chi connectivity index (χ0) is 25.3. The third kappa shape index (κ3) is 7.92. The van der Waals surface area contributed by atoms with Crippen molar-refractivity contribution in [3.05, 3.63) is 95.0 Å². The van der Waals surface area contributed by atoms with Crippen LogP contribution < -0.4 is 15.9 Å². The first-order valence-corrected chi connectivity index (χ1v) is 12.2. The van der Waals surface area contributed by atoms with Crippen molar-refractivity contribution >= 4 is 39.7 Å². The van der Waals surface area contributed by atoms with Crippen LogP contribution in [-0.4, -0.2) is 43.9 Å². The highest BCUT2D eigenvalue weighted by Crippen LogP contribution is 2.20. The van der Waals surface area contributed by atoms with Crippen LogP contribution in [0.15, 0.2) is 88.9 Å². The number of amides is 2. The molecule has 11 heteroatoms. The largest absolute Gasteiger partial charge is 0.484 e. The van der Waals surface area contributed by atoms with Gasteiger partial charge in [0.05, 0.1) is 17.7 Å². The molecular weight excluding hydrogens is 492 g/mol. The van der Waals surface area contributed by atoms with Gasteiger partial charge in [0.15, 0.2) is 6.61 Å². The minimum atomic E-state index is -3.99. The lowest BCUT2D eigenvalue weighted by molar-refractivity contribution is -0.121. The molecule has 3 aromatic rings. The molecule has 3 N–H and O–H groups in total. The summed E-state index contributed by atoms with van der Waals surface area (Å²) < 4.78 is 32.7. The van der Waals surface area contributed by atoms with E-state index < -0.39 is 28.4 Å². The topological polar surface area (TPSA) is 131 Å². The lowest BCUT2D eigenvalue weighted by Gasteiger charge is -2.21. The van der Waals surface area contributed by atoms with Crippen molar-refractivity contribution in [3.63, 3.8) is 0 Å². The Bertz CT molecular complexity index is 1280. The van der Waals surface area contributed by atoms with E-state index in [1.54, 1.807) is 48.5 Å². The van der Waals surface area contributed by atoms with Crippen LogP contribution in [0.25, 0.3) is 0 Å². The summed E-state index contributed by atoms with van der Waals surface area (Å²) in [6, 6.07) is 21.2. The van der Waals surface area contributed by atoms with Crippen molar-refractivity contribution in [2.45, 2.75) is 11.4 Å². The molecule has 9 nitrogen and oxygen atoms in total. The predicted octanol–water partition coefficient (Wildman–Crippen LogP) is 2.55. The van der Waals surface area contributed by atoms with E-state index in [1.807, 2.05) is 6.07 Å². The van der Waals surface area contributed by atoms with Crippen LogP contribution in [0.4, 0.5) is 0 Å². The molecule has 0 saturated carbocycles. The Balaban J connectivity index is 1.68. The standard InChI is InChI=1S/C24H23ClN4O5S/c25-20-8-12-22(13-9-20)35(32,33)29(15-19-4-2-1-3-5-19)16-24(31)28-27-14-18-6-10-21(11-7-18)34-17-23(26)30/h1-14H,15-17H2,(H2,26,30)(H,28,31)/b27-14+. The average molecular weight is 515 g/mol. The number of rotatable bonds is 11. The molecule has 0 unspecified atom stereocenters. The van der Waals surface area contributed by atoms with Gasteiger partial charge in [0, 0.05) is 11.6 Å². The summed E-state index contributed by atoms with van der Waals surface area (Å²) in [7, 11) is -3.99. The molecule has 0 bridgehead atoms. The first-order valence-electron chi connectivity index (χ1n) is 10.4. The second-order valence-electron chi connectivity index (χ2n) is 7.33. The number of ether oxygens (including phenoxy) is 1. The Labute approximate surface area is 208 Å². The van der Waals surface area contributed by atoms with E-state index >= 15 is 0 Å². The molecule has 0 atom stereocenters. The first-order chi connectivity index (χ1) is 16.7. The van der Waals surface area contributed by atoms with Gasteiger partial charge in [0.25, 0.3) is 11.8 Å². The number of carbonyl (C=O) groups excluding carboxylic acids is 2. The summed E-state index contributed by atoms with van der Waals surface area (Å²) in [6.45, 7) is -0.686. The van der Waals surface area contributed by atoms with E-state index in [0.29, 0.717) is 16.3 Å². The number of nitrogens with two attached hydrogens (primary N) is 1. The third-order valence-corrected chi connectivity index (χ3v) is 6.70. The van der Waals surface area contributed by atoms with E-state index in [-0.39, 0.29) is 18.0 Å². The molecule has 0 saturated heterocycles. The average Bonchev–Trinajstić information content (AvgIpc) is 2.84. The molecule has 0 heterocycles. The summed E-state index contributed by atoms with van der Waals surface area (Å²) in [6.07, 6.45) is 1.39. The van der Waals surface area contributed by atoms with Crippen LogP contribution in [0.1, 0.15) is 11.1 Å². The van der Waals surface area contributed by atoms with Gasteiger partial charge in [-0.05, 0) is 59.7 Å². The number of nitrogens with zero attached hydrogens (tertiary/aromatic N) is 2. The number of hydrogen-bond donors (Lipinski definition) is 2. The summed E-state index contributed by atoms with van der Waals surface area (Å²) >= 11 is 5.89. The molecule has 0 aromatic heterocycles. The molecule has 0 radical (unpaired) electrons. The van der Waals surface area contributed by atoms with E-state index in [1.165, 1.54) is 30.5 Å². The van der Waals surface area contributed by atoms with Gasteiger partial charge in [-0.1, -0.05) is 41.9 Å². The smallest absolute Gasteiger partial charge is 0.255 e. The number of hydrazone groups is 1. The molecule has 3 aromatic carbocycles. The summed E-state index contributed by atoms with van der Waals surface area (Å²) in [5.41, 5.74) is 8.75. The Morgan fingerprint density at radius 2 is 1.66 bits per heavy atom. The van der Waals surface area contributed by atoms with E-state index in [9.17, 15) is 18.0 Å². The maximum atomic E-state index is 13.2. The number of hydrogen-bond acceptors (Lipinski definition) is 6. The highest BCUT2D eigenvalue weighted by Gasteiger charge is 2.27. The van der Waals surface area contributed by atoms with Gasteiger partial charge in [-0.3, -0.25) is 9.59 Å². The van der Waals surface area contributed by atoms with Gasteiger partial charge < -0.3 is 10.5 Å². The molecule has 0 spiro atoms. The quantitative estimate of drug-likeness (QED) is 0.300. The Kier molecular flexibility index (Phi) is 8.96. The molecule has 182 valence electrons. The van der Waals surface area contributed by atoms with Crippen LogP contribution in [0, 0.1) is 0 Å². The van der Waals surface area contributed by atoms with Gasteiger partial charge in [-0.2, -0.15) is 9.41 Å². The van der Waals surface area contributed by atoms with Crippen molar-refractivity contribution in [1.29, 1.82) is 0 Å². The van der Waals surface area contributed by atoms with Crippen LogP contribution >= 0.6 is 11.6 Å². The van der Waals surface area contributed by atoms with E-state index in [2.05, 4.69) is 10.5 Å². The highest BCUT2D eigenvalue weighted by atomic mass is 35.5. The monoisotopic (exact) mass is 514 g/mol. The summed E-state index contributed by atoms with van der Waals surface area (Å²) in [5.74, 6) is -0.747. The number of benzene rings is 3. The van der Waals surface area contributed by atoms with Crippen LogP contribution in [0.5, 0.6) is 5.75 Å². The molecule has 0 aliphatic carbocycles. The second-order valence-corrected chi connectivity index (χ2v) is 9.70. The predicted molar refractivity (Wildman–Crippen MR) is 132 cm³/mol. The SMILES string of the molecule is NC(=O)COc1ccc(/C=N/NC(=O)CN(Cc2ccccc2)S(=O)(=O)c2ccc(Cl)cc2)cc1.